The zero-order valence-electron chi connectivity index (χ0n) is 23.8. The molecule has 40 heavy (non-hydrogen) atoms. The fourth-order valence-electron chi connectivity index (χ4n) is 4.80. The van der Waals surface area contributed by atoms with Crippen LogP contribution in [0.4, 0.5) is 4.39 Å². The molecule has 0 spiro atoms. The number of aryl methyl sites for hydroxylation is 2. The second kappa shape index (κ2) is 13.4. The third-order valence-electron chi connectivity index (χ3n) is 7.26. The number of hydrogen-bond donors (Lipinski definition) is 4. The summed E-state index contributed by atoms with van der Waals surface area (Å²) < 4.78 is 25.8. The van der Waals surface area contributed by atoms with Gasteiger partial charge in [0, 0.05) is 30.7 Å². The Morgan fingerprint density at radius 1 is 1.25 bits per heavy atom. The monoisotopic (exact) mass is 561 g/mol. The molecule has 12 heteroatoms. The number of unbranched alkanes of at least 4 members (excludes halogenated alkanes) is 1. The molecule has 0 bridgehead atoms. The predicted molar refractivity (Wildman–Crippen MR) is 146 cm³/mol. The third kappa shape index (κ3) is 6.74. The molecular formula is C28H40FN5O6. The van der Waals surface area contributed by atoms with Crippen molar-refractivity contribution in [3.63, 3.8) is 0 Å². The van der Waals surface area contributed by atoms with Gasteiger partial charge in [-0.25, -0.2) is 9.37 Å². The molecule has 1 unspecified atom stereocenters. The van der Waals surface area contributed by atoms with Crippen molar-refractivity contribution in [2.24, 2.45) is 5.73 Å². The van der Waals surface area contributed by atoms with Gasteiger partial charge >= 0.3 is 0 Å². The molecule has 0 fully saturated rings. The van der Waals surface area contributed by atoms with Crippen molar-refractivity contribution in [2.75, 3.05) is 27.1 Å². The van der Waals surface area contributed by atoms with Gasteiger partial charge < -0.3 is 35.8 Å². The number of amides is 3. The van der Waals surface area contributed by atoms with Gasteiger partial charge in [0.1, 0.15) is 18.6 Å². The van der Waals surface area contributed by atoms with Crippen LogP contribution in [-0.2, 0) is 42.5 Å². The summed E-state index contributed by atoms with van der Waals surface area (Å²) in [6.45, 7) is 6.93. The zero-order valence-corrected chi connectivity index (χ0v) is 23.8. The van der Waals surface area contributed by atoms with E-state index in [-0.39, 0.29) is 43.9 Å². The molecule has 2 aromatic rings. The van der Waals surface area contributed by atoms with Gasteiger partial charge in [0.15, 0.2) is 5.72 Å². The first kappa shape index (κ1) is 31.3. The Morgan fingerprint density at radius 3 is 2.62 bits per heavy atom. The Morgan fingerprint density at radius 2 is 1.98 bits per heavy atom. The van der Waals surface area contributed by atoms with Crippen LogP contribution in [0.3, 0.4) is 0 Å². The number of nitrogens with one attached hydrogen (secondary N) is 2. The van der Waals surface area contributed by atoms with Crippen molar-refractivity contribution in [1.82, 2.24) is 20.5 Å². The van der Waals surface area contributed by atoms with Gasteiger partial charge in [-0.3, -0.25) is 14.4 Å². The average Bonchev–Trinajstić information content (AvgIpc) is 3.20. The van der Waals surface area contributed by atoms with Crippen LogP contribution < -0.4 is 16.4 Å². The van der Waals surface area contributed by atoms with Gasteiger partial charge in [-0.05, 0) is 64.2 Å². The minimum atomic E-state index is -1.15. The maximum Gasteiger partial charge on any atom is 0.244 e. The van der Waals surface area contributed by atoms with Gasteiger partial charge in [0.2, 0.25) is 17.7 Å². The number of aromatic nitrogens is 1. The van der Waals surface area contributed by atoms with Crippen LogP contribution in [-0.4, -0.2) is 71.9 Å². The topological polar surface area (TPSA) is 156 Å². The number of ether oxygens (including phenoxy) is 2. The van der Waals surface area contributed by atoms with Crippen molar-refractivity contribution < 1.29 is 33.4 Å². The van der Waals surface area contributed by atoms with Gasteiger partial charge in [-0.15, -0.1) is 0 Å². The number of rotatable bonds is 13. The predicted octanol–water partition coefficient (Wildman–Crippen LogP) is 1.49. The highest BCUT2D eigenvalue weighted by molar-refractivity contribution is 5.89. The van der Waals surface area contributed by atoms with E-state index in [2.05, 4.69) is 10.6 Å². The van der Waals surface area contributed by atoms with E-state index in [9.17, 15) is 23.9 Å². The summed E-state index contributed by atoms with van der Waals surface area (Å²) in [5, 5.41) is 15.3. The van der Waals surface area contributed by atoms with Crippen LogP contribution in [0.15, 0.2) is 12.1 Å². The summed E-state index contributed by atoms with van der Waals surface area (Å²) in [6.07, 6.45) is 2.00. The fraction of sp³-hybridized carbons (Fsp3) is 0.571. The highest BCUT2D eigenvalue weighted by Crippen LogP contribution is 2.43. The number of carbonyl (C=O) groups excluding carboxylic acids is 3. The Kier molecular flexibility index (Phi) is 10.5. The van der Waals surface area contributed by atoms with E-state index in [1.807, 2.05) is 0 Å². The number of halogens is 1. The van der Waals surface area contributed by atoms with Crippen LogP contribution in [0.1, 0.15) is 62.4 Å². The summed E-state index contributed by atoms with van der Waals surface area (Å²) in [7, 11) is 1.50. The molecule has 1 aliphatic rings. The number of carbonyl (C=O) groups is 3. The van der Waals surface area contributed by atoms with E-state index in [1.54, 1.807) is 31.7 Å². The molecule has 1 aliphatic heterocycles. The average molecular weight is 562 g/mol. The van der Waals surface area contributed by atoms with Crippen LogP contribution in [0.2, 0.25) is 0 Å². The first-order valence-electron chi connectivity index (χ1n) is 13.4. The van der Waals surface area contributed by atoms with Gasteiger partial charge in [-0.1, -0.05) is 0 Å². The zero-order chi connectivity index (χ0) is 29.6. The summed E-state index contributed by atoms with van der Waals surface area (Å²) >= 11 is 0. The Balaban J connectivity index is 1.69. The van der Waals surface area contributed by atoms with Gasteiger partial charge in [-0.2, -0.15) is 0 Å². The summed E-state index contributed by atoms with van der Waals surface area (Å²) in [4.78, 5) is 42.9. The highest BCUT2D eigenvalue weighted by atomic mass is 19.1. The number of aliphatic hydroxyl groups excluding tert-OH is 1. The number of fused-ring (bicyclic) bond motifs is 2. The molecule has 11 nitrogen and oxygen atoms in total. The first-order valence-corrected chi connectivity index (χ1v) is 13.4. The van der Waals surface area contributed by atoms with E-state index in [0.717, 1.165) is 22.9 Å². The molecule has 1 aromatic heterocycles. The maximum absolute atomic E-state index is 14.5. The third-order valence-corrected chi connectivity index (χ3v) is 7.26. The van der Waals surface area contributed by atoms with Crippen LogP contribution in [0.25, 0.3) is 10.9 Å². The fourth-order valence-corrected chi connectivity index (χ4v) is 4.80. The minimum Gasteiger partial charge on any atom is -0.396 e. The first-order chi connectivity index (χ1) is 18.9. The highest BCUT2D eigenvalue weighted by Gasteiger charge is 2.46. The number of nitrogens with zero attached hydrogens (tertiary/aromatic N) is 2. The minimum absolute atomic E-state index is 0.00258. The standard InChI is InChI=1S/C28H40FN5O6/c1-16-12-20-19(8-6-7-11-40-15-31-27(38)18(3)32-26(37)17(2)30)21-14-34(24(36)9-10-35)28(4,39-5)25(21)33-23(20)13-22(16)29/h12-13,17-18,35H,6-11,14-15,30H2,1-5H3,(H,31,38)(H,32,37)/t17-,18-,28?/m0/s1. The lowest BCUT2D eigenvalue weighted by atomic mass is 9.94. The second-order valence-corrected chi connectivity index (χ2v) is 10.2. The maximum atomic E-state index is 14.5. The Bertz CT molecular complexity index is 1260. The van der Waals surface area contributed by atoms with Crippen LogP contribution >= 0.6 is 0 Å². The summed E-state index contributed by atoms with van der Waals surface area (Å²) in [5.74, 6) is -1.41. The normalized spacial score (nSPS) is 17.9. The smallest absolute Gasteiger partial charge is 0.244 e. The number of nitrogens with two attached hydrogens (primary N) is 1. The van der Waals surface area contributed by atoms with Gasteiger partial charge in [0.05, 0.1) is 36.8 Å². The molecule has 0 radical (unpaired) electrons. The molecule has 3 atom stereocenters. The molecule has 0 aliphatic carbocycles. The lowest BCUT2D eigenvalue weighted by Crippen LogP contribution is -2.49. The number of hydrogen-bond acceptors (Lipinski definition) is 8. The Labute approximate surface area is 233 Å². The van der Waals surface area contributed by atoms with Crippen LogP contribution in [0.5, 0.6) is 0 Å². The van der Waals surface area contributed by atoms with Crippen LogP contribution in [0, 0.1) is 12.7 Å². The Hall–Kier alpha value is -3.19. The largest absolute Gasteiger partial charge is 0.396 e. The molecule has 5 N–H and O–H groups in total. The van der Waals surface area contributed by atoms with Crippen molar-refractivity contribution in [1.29, 1.82) is 0 Å². The summed E-state index contributed by atoms with van der Waals surface area (Å²) in [5.41, 5.74) is 7.74. The van der Waals surface area contributed by atoms with Crippen molar-refractivity contribution in [3.8, 4) is 0 Å². The molecule has 3 amide bonds. The van der Waals surface area contributed by atoms with Crippen molar-refractivity contribution in [3.05, 3.63) is 40.3 Å². The van der Waals surface area contributed by atoms with Crippen molar-refractivity contribution >= 4 is 28.6 Å². The number of methoxy groups -OCH3 is 1. The second-order valence-electron chi connectivity index (χ2n) is 10.2. The van der Waals surface area contributed by atoms with E-state index >= 15 is 0 Å². The van der Waals surface area contributed by atoms with E-state index in [1.165, 1.54) is 20.1 Å². The molecule has 2 heterocycles. The van der Waals surface area contributed by atoms with E-state index < -0.39 is 23.7 Å². The van der Waals surface area contributed by atoms with E-state index in [4.69, 9.17) is 20.2 Å². The molecular weight excluding hydrogens is 521 g/mol. The molecule has 0 saturated heterocycles. The SMILES string of the molecule is COC1(C)c2nc3cc(F)c(C)cc3c(CCCCOCNC(=O)[C@H](C)NC(=O)[C@H](C)N)c2CN1C(=O)CCO. The summed E-state index contributed by atoms with van der Waals surface area (Å²) in [6, 6.07) is 1.75. The number of pyridine rings is 1. The van der Waals surface area contributed by atoms with E-state index in [0.29, 0.717) is 36.2 Å². The van der Waals surface area contributed by atoms with Gasteiger partial charge in [0.25, 0.3) is 0 Å². The molecule has 1 aromatic carbocycles. The molecule has 0 saturated carbocycles. The molecule has 220 valence electrons. The molecule has 3 rings (SSSR count). The lowest BCUT2D eigenvalue weighted by Gasteiger charge is -2.33. The number of aliphatic hydroxyl groups is 1. The lowest BCUT2D eigenvalue weighted by molar-refractivity contribution is -0.165. The van der Waals surface area contributed by atoms with Crippen molar-refractivity contribution in [2.45, 2.75) is 77.7 Å². The number of benzene rings is 1. The quantitative estimate of drug-likeness (QED) is 0.212.